The number of aromatic nitrogens is 3. The molecule has 4 saturated heterocycles. The number of ether oxygens (including phenoxy) is 2. The molecule has 1 amide bonds. The second-order valence-electron chi connectivity index (χ2n) is 17.3. The summed E-state index contributed by atoms with van der Waals surface area (Å²) in [6, 6.07) is 5.43. The van der Waals surface area contributed by atoms with Crippen molar-refractivity contribution in [3.05, 3.63) is 83.1 Å². The molecule has 4 aliphatic rings. The molecule has 0 aliphatic carbocycles. The van der Waals surface area contributed by atoms with Crippen LogP contribution >= 0.6 is 0 Å². The molecule has 2 bridgehead atoms. The molecule has 5 unspecified atom stereocenters. The van der Waals surface area contributed by atoms with E-state index >= 15 is 8.78 Å². The Hall–Kier alpha value is -5.71. The van der Waals surface area contributed by atoms with Gasteiger partial charge >= 0.3 is 12.0 Å². The third-order valence-electron chi connectivity index (χ3n) is 13.0. The van der Waals surface area contributed by atoms with E-state index in [1.54, 1.807) is 20.8 Å². The van der Waals surface area contributed by atoms with Gasteiger partial charge in [-0.2, -0.15) is 9.97 Å². The summed E-state index contributed by atoms with van der Waals surface area (Å²) in [6.07, 6.45) is 4.60. The van der Waals surface area contributed by atoms with Gasteiger partial charge in [0.15, 0.2) is 34.9 Å². The molecule has 11 nitrogen and oxygen atoms in total. The highest BCUT2D eigenvalue weighted by atomic mass is 19.2. The minimum atomic E-state index is -1.54. The number of carbonyl (C=O) groups excluding carboxylic acids is 2. The highest BCUT2D eigenvalue weighted by molar-refractivity contribution is 6.00. The van der Waals surface area contributed by atoms with Crippen molar-refractivity contribution < 1.29 is 50.5 Å². The number of hydrogen-bond donors (Lipinski definition) is 1. The van der Waals surface area contributed by atoms with E-state index in [1.165, 1.54) is 18.3 Å². The molecule has 2 aromatic heterocycles. The average Bonchev–Trinajstić information content (AvgIpc) is 3.89. The first-order chi connectivity index (χ1) is 29.6. The molecule has 1 N–H and O–H groups in total. The number of anilines is 1. The number of benzene rings is 3. The van der Waals surface area contributed by atoms with Crippen LogP contribution in [0, 0.1) is 40.8 Å². The fourth-order valence-corrected chi connectivity index (χ4v) is 10.1. The number of phenolic OH excluding ortho intramolecular Hbond substituents is 1. The van der Waals surface area contributed by atoms with Crippen LogP contribution in [0.4, 0.5) is 32.2 Å². The number of pyridine rings is 1. The monoisotopic (exact) mass is 862 g/mol. The first kappa shape index (κ1) is 41.6. The Morgan fingerprint density at radius 2 is 1.61 bits per heavy atom. The minimum Gasteiger partial charge on any atom is -0.508 e. The van der Waals surface area contributed by atoms with Gasteiger partial charge in [0, 0.05) is 48.4 Å². The molecule has 4 fully saturated rings. The first-order valence-electron chi connectivity index (χ1n) is 20.9. The SMILES string of the molecule is CC(CC(=O)N1C2CCC1CN(c1nc(OCC34CCCN3C(c3cc(F)c(F)c(F)c3)CC4)nc3c(F)c(-c4cc(O)cc5ccc(F)c(F)c45)ncc13)C2)OC(=O)C(C)C. The van der Waals surface area contributed by atoms with Crippen LogP contribution in [0.5, 0.6) is 11.8 Å². The summed E-state index contributed by atoms with van der Waals surface area (Å²) in [5, 5.41) is 10.6. The van der Waals surface area contributed by atoms with Gasteiger partial charge in [-0.05, 0) is 93.3 Å². The third kappa shape index (κ3) is 7.20. The van der Waals surface area contributed by atoms with E-state index in [9.17, 15) is 32.3 Å². The van der Waals surface area contributed by atoms with Crippen molar-refractivity contribution in [2.45, 2.75) is 95.5 Å². The zero-order chi connectivity index (χ0) is 43.8. The first-order valence-corrected chi connectivity index (χ1v) is 20.9. The summed E-state index contributed by atoms with van der Waals surface area (Å²) in [4.78, 5) is 45.5. The van der Waals surface area contributed by atoms with Gasteiger partial charge in [-0.15, -0.1) is 0 Å². The molecular formula is C45H44F6N6O5. The Morgan fingerprint density at radius 1 is 0.887 bits per heavy atom. The van der Waals surface area contributed by atoms with Gasteiger partial charge in [0.2, 0.25) is 5.91 Å². The number of aromatic hydroxyl groups is 1. The van der Waals surface area contributed by atoms with Crippen molar-refractivity contribution in [2.75, 3.05) is 31.1 Å². The van der Waals surface area contributed by atoms with Gasteiger partial charge in [-0.25, -0.2) is 26.3 Å². The molecule has 0 spiro atoms. The summed E-state index contributed by atoms with van der Waals surface area (Å²) in [5.41, 5.74) is -1.15. The predicted octanol–water partition coefficient (Wildman–Crippen LogP) is 8.29. The maximum atomic E-state index is 17.1. The minimum absolute atomic E-state index is 0.0106. The Morgan fingerprint density at radius 3 is 2.32 bits per heavy atom. The van der Waals surface area contributed by atoms with Crippen LogP contribution in [0.25, 0.3) is 32.9 Å². The van der Waals surface area contributed by atoms with Crippen molar-refractivity contribution in [2.24, 2.45) is 5.92 Å². The highest BCUT2D eigenvalue weighted by Gasteiger charge is 2.51. The van der Waals surface area contributed by atoms with E-state index in [4.69, 9.17) is 14.5 Å². The molecule has 9 rings (SSSR count). The molecule has 0 radical (unpaired) electrons. The van der Waals surface area contributed by atoms with Crippen molar-refractivity contribution in [1.82, 2.24) is 24.8 Å². The van der Waals surface area contributed by atoms with Crippen LogP contribution in [0.1, 0.15) is 77.3 Å². The number of piperazine rings is 1. The lowest BCUT2D eigenvalue weighted by Crippen LogP contribution is -2.56. The highest BCUT2D eigenvalue weighted by Crippen LogP contribution is 2.49. The number of carbonyl (C=O) groups is 2. The van der Waals surface area contributed by atoms with Crippen molar-refractivity contribution >= 4 is 39.4 Å². The van der Waals surface area contributed by atoms with E-state index in [2.05, 4.69) is 14.9 Å². The number of rotatable bonds is 10. The van der Waals surface area contributed by atoms with E-state index in [1.807, 2.05) is 9.80 Å². The number of halogens is 6. The summed E-state index contributed by atoms with van der Waals surface area (Å²) < 4.78 is 102. The number of nitrogens with zero attached hydrogens (tertiary/aromatic N) is 6. The number of esters is 1. The van der Waals surface area contributed by atoms with Gasteiger partial charge in [0.05, 0.1) is 23.3 Å². The number of hydrogen-bond acceptors (Lipinski definition) is 10. The molecular weight excluding hydrogens is 819 g/mol. The van der Waals surface area contributed by atoms with Gasteiger partial charge in [-0.1, -0.05) is 19.9 Å². The normalized spacial score (nSPS) is 22.8. The lowest BCUT2D eigenvalue weighted by molar-refractivity contribution is -0.154. The number of fused-ring (bicyclic) bond motifs is 5. The number of amides is 1. The van der Waals surface area contributed by atoms with Gasteiger partial charge in [-0.3, -0.25) is 19.5 Å². The lowest BCUT2D eigenvalue weighted by Gasteiger charge is -2.42. The molecule has 326 valence electrons. The van der Waals surface area contributed by atoms with Crippen LogP contribution in [-0.2, 0) is 14.3 Å². The standard InChI is InChI=1S/C45H44F6N6O5/c1-22(2)43(60)62-23(3)13-35(59)57-26-6-7-27(57)20-55(19-26)42-30-18-52-40(29-17-28(58)14-24-5-8-31(46)38(50)36(24)29)39(51)41(30)53-44(54-42)61-21-45-10-4-12-56(45)34(9-11-45)25-15-32(47)37(49)33(48)16-25/h5,8,14-18,22-23,26-27,34,58H,4,6-7,9-13,19-21H2,1-3H3. The fraction of sp³-hybridized carbons (Fsp3) is 0.444. The lowest BCUT2D eigenvalue weighted by atomic mass is 9.95. The average molecular weight is 863 g/mol. The molecule has 17 heteroatoms. The van der Waals surface area contributed by atoms with E-state index in [0.717, 1.165) is 30.7 Å². The Kier molecular flexibility index (Phi) is 10.7. The predicted molar refractivity (Wildman–Crippen MR) is 215 cm³/mol. The molecule has 4 aliphatic heterocycles. The van der Waals surface area contributed by atoms with Gasteiger partial charge in [0.25, 0.3) is 0 Å². The Balaban J connectivity index is 1.07. The van der Waals surface area contributed by atoms with Crippen molar-refractivity contribution in [3.8, 4) is 23.0 Å². The molecule has 5 atom stereocenters. The summed E-state index contributed by atoms with van der Waals surface area (Å²) in [5.74, 6) is -8.45. The second kappa shape index (κ2) is 15.9. The smallest absolute Gasteiger partial charge is 0.319 e. The number of phenols is 1. The molecule has 62 heavy (non-hydrogen) atoms. The quantitative estimate of drug-likeness (QED) is 0.0835. The molecule has 5 aromatic rings. The largest absolute Gasteiger partial charge is 0.508 e. The maximum Gasteiger partial charge on any atom is 0.319 e. The fourth-order valence-electron chi connectivity index (χ4n) is 10.1. The summed E-state index contributed by atoms with van der Waals surface area (Å²) in [6.45, 7) is 6.35. The van der Waals surface area contributed by atoms with Crippen molar-refractivity contribution in [1.29, 1.82) is 0 Å². The van der Waals surface area contributed by atoms with Crippen LogP contribution in [-0.4, -0.2) is 91.7 Å². The van der Waals surface area contributed by atoms with E-state index in [0.29, 0.717) is 57.3 Å². The second-order valence-corrected chi connectivity index (χ2v) is 17.3. The zero-order valence-electron chi connectivity index (χ0n) is 34.2. The Labute approximate surface area is 352 Å². The van der Waals surface area contributed by atoms with Crippen molar-refractivity contribution in [3.63, 3.8) is 0 Å². The van der Waals surface area contributed by atoms with E-state index < -0.39 is 64.3 Å². The van der Waals surface area contributed by atoms with Crippen LogP contribution < -0.4 is 9.64 Å². The van der Waals surface area contributed by atoms with E-state index in [-0.39, 0.29) is 81.8 Å². The zero-order valence-corrected chi connectivity index (χ0v) is 34.2. The topological polar surface area (TPSA) is 121 Å². The third-order valence-corrected chi connectivity index (χ3v) is 13.0. The van der Waals surface area contributed by atoms with Crippen LogP contribution in [0.15, 0.2) is 42.6 Å². The maximum absolute atomic E-state index is 17.1. The molecule has 0 saturated carbocycles. The molecule has 3 aromatic carbocycles. The van der Waals surface area contributed by atoms with Gasteiger partial charge in [0.1, 0.15) is 35.5 Å². The summed E-state index contributed by atoms with van der Waals surface area (Å²) >= 11 is 0. The van der Waals surface area contributed by atoms with Crippen LogP contribution in [0.2, 0.25) is 0 Å². The Bertz CT molecular complexity index is 2600. The molecule has 6 heterocycles. The summed E-state index contributed by atoms with van der Waals surface area (Å²) in [7, 11) is 0. The van der Waals surface area contributed by atoms with Gasteiger partial charge < -0.3 is 24.4 Å². The van der Waals surface area contributed by atoms with Crippen LogP contribution in [0.3, 0.4) is 0 Å².